The maximum atomic E-state index is 13.6. The summed E-state index contributed by atoms with van der Waals surface area (Å²) in [6, 6.07) is 5.10. The number of Topliss-reactive ketones (excluding diaryl/α,β-unsaturated/α-hetero) is 1. The van der Waals surface area contributed by atoms with Crippen LogP contribution in [-0.4, -0.2) is 77.8 Å². The Labute approximate surface area is 304 Å². The summed E-state index contributed by atoms with van der Waals surface area (Å²) < 4.78 is 48.5. The van der Waals surface area contributed by atoms with Crippen LogP contribution < -0.4 is 15.4 Å². The van der Waals surface area contributed by atoms with Crippen molar-refractivity contribution in [3.8, 4) is 17.6 Å². The average Bonchev–Trinajstić information content (AvgIpc) is 3.09. The van der Waals surface area contributed by atoms with Crippen molar-refractivity contribution in [3.05, 3.63) is 42.0 Å². The zero-order valence-corrected chi connectivity index (χ0v) is 30.3. The maximum absolute atomic E-state index is 13.6. The Morgan fingerprint density at radius 3 is 2.12 bits per heavy atom. The van der Waals surface area contributed by atoms with Crippen molar-refractivity contribution in [2.75, 3.05) is 20.3 Å². The molecule has 0 heterocycles. The summed E-state index contributed by atoms with van der Waals surface area (Å²) in [5.41, 5.74) is -2.64. The van der Waals surface area contributed by atoms with Crippen LogP contribution in [0.4, 0.5) is 13.2 Å². The smallest absolute Gasteiger partial charge is 0.405 e. The molecule has 2 amide bonds. The van der Waals surface area contributed by atoms with E-state index in [2.05, 4.69) is 24.1 Å². The van der Waals surface area contributed by atoms with Crippen LogP contribution in [0.3, 0.4) is 0 Å². The minimum atomic E-state index is -4.81. The third kappa shape index (κ3) is 18.7. The van der Waals surface area contributed by atoms with Crippen LogP contribution in [0, 0.1) is 17.8 Å². The molecule has 1 rings (SSSR count). The molecule has 1 aromatic carbocycles. The number of unbranched alkanes of at least 4 members (excludes halogenated alkanes) is 8. The number of ether oxygens (including phenoxy) is 2. The van der Waals surface area contributed by atoms with Gasteiger partial charge in [-0.15, -0.1) is 5.92 Å². The van der Waals surface area contributed by atoms with Crippen molar-refractivity contribution < 1.29 is 56.8 Å². The molecule has 4 N–H and O–H groups in total. The molecule has 11 nitrogen and oxygen atoms in total. The van der Waals surface area contributed by atoms with Gasteiger partial charge in [-0.1, -0.05) is 75.7 Å². The van der Waals surface area contributed by atoms with E-state index < -0.39 is 60.5 Å². The third-order valence-corrected chi connectivity index (χ3v) is 8.20. The number of methoxy groups -OCH3 is 1. The normalized spacial score (nSPS) is 13.6. The molecule has 0 aliphatic rings. The fourth-order valence-electron chi connectivity index (χ4n) is 5.26. The second-order valence-corrected chi connectivity index (χ2v) is 12.5. The molecule has 0 radical (unpaired) electrons. The van der Waals surface area contributed by atoms with Crippen LogP contribution in [0.5, 0.6) is 5.75 Å². The molecule has 0 aliphatic heterocycles. The first-order valence-corrected chi connectivity index (χ1v) is 17.6. The molecule has 0 bridgehead atoms. The molecule has 290 valence electrons. The fourth-order valence-corrected chi connectivity index (χ4v) is 5.26. The first kappa shape index (κ1) is 45.6. The van der Waals surface area contributed by atoms with E-state index in [0.717, 1.165) is 51.7 Å². The SMILES string of the molecule is CC#CCOc1ccc(C[C@H](NC(=O)[C@@H](C=CCCCCCCC(=O)CCCCCCC)[C@@](O)(CC(=O)NCC(F)(F)F)C(=O)O)C(=O)OC)cc1. The van der Waals surface area contributed by atoms with Gasteiger partial charge in [-0.05, 0) is 50.3 Å². The number of rotatable bonds is 26. The second-order valence-electron chi connectivity index (χ2n) is 12.5. The van der Waals surface area contributed by atoms with Crippen molar-refractivity contribution in [1.82, 2.24) is 10.6 Å². The van der Waals surface area contributed by atoms with E-state index in [9.17, 15) is 47.4 Å². The number of carboxylic acids is 1. The zero-order chi connectivity index (χ0) is 39.0. The summed E-state index contributed by atoms with van der Waals surface area (Å²) in [4.78, 5) is 63.2. The lowest BCUT2D eigenvalue weighted by molar-refractivity contribution is -0.170. The first-order valence-electron chi connectivity index (χ1n) is 17.6. The highest BCUT2D eigenvalue weighted by Crippen LogP contribution is 2.26. The minimum Gasteiger partial charge on any atom is -0.481 e. The Morgan fingerprint density at radius 1 is 0.942 bits per heavy atom. The molecule has 0 unspecified atom stereocenters. The Hall–Kier alpha value is -4.38. The molecule has 0 saturated heterocycles. The number of esters is 1. The van der Waals surface area contributed by atoms with Crippen LogP contribution in [0.25, 0.3) is 0 Å². The Morgan fingerprint density at radius 2 is 1.56 bits per heavy atom. The van der Waals surface area contributed by atoms with E-state index in [0.29, 0.717) is 49.8 Å². The summed E-state index contributed by atoms with van der Waals surface area (Å²) in [5.74, 6) is -1.40. The van der Waals surface area contributed by atoms with Gasteiger partial charge in [-0.25, -0.2) is 9.59 Å². The number of carbonyl (C=O) groups excluding carboxylic acids is 4. The topological polar surface area (TPSA) is 168 Å². The quantitative estimate of drug-likeness (QED) is 0.0409. The lowest BCUT2D eigenvalue weighted by atomic mass is 9.82. The number of aliphatic carboxylic acids is 1. The number of aliphatic hydroxyl groups is 1. The molecule has 14 heteroatoms. The van der Waals surface area contributed by atoms with E-state index in [1.165, 1.54) is 11.4 Å². The number of allylic oxidation sites excluding steroid dienone is 1. The van der Waals surface area contributed by atoms with Crippen LogP contribution in [0.1, 0.15) is 103 Å². The number of hydrogen-bond donors (Lipinski definition) is 4. The molecular weight excluding hydrogens is 685 g/mol. The summed E-state index contributed by atoms with van der Waals surface area (Å²) in [6.45, 7) is 2.18. The molecule has 0 spiro atoms. The van der Waals surface area contributed by atoms with Crippen molar-refractivity contribution in [2.45, 2.75) is 122 Å². The molecular formula is C38H53F3N2O9. The van der Waals surface area contributed by atoms with Crippen molar-refractivity contribution in [2.24, 2.45) is 5.92 Å². The zero-order valence-electron chi connectivity index (χ0n) is 30.3. The van der Waals surface area contributed by atoms with Crippen LogP contribution in [0.2, 0.25) is 0 Å². The van der Waals surface area contributed by atoms with Crippen LogP contribution in [-0.2, 0) is 35.1 Å². The summed E-state index contributed by atoms with van der Waals surface area (Å²) in [5, 5.41) is 25.1. The van der Waals surface area contributed by atoms with Gasteiger partial charge in [0.1, 0.15) is 30.7 Å². The highest BCUT2D eigenvalue weighted by molar-refractivity contribution is 5.95. The predicted molar refractivity (Wildman–Crippen MR) is 188 cm³/mol. The molecule has 52 heavy (non-hydrogen) atoms. The molecule has 3 atom stereocenters. The third-order valence-electron chi connectivity index (χ3n) is 8.20. The summed E-state index contributed by atoms with van der Waals surface area (Å²) in [7, 11) is 1.08. The number of carbonyl (C=O) groups is 5. The van der Waals surface area contributed by atoms with Gasteiger partial charge >= 0.3 is 18.1 Å². The first-order chi connectivity index (χ1) is 24.7. The molecule has 1 aromatic rings. The Bertz CT molecular complexity index is 1370. The average molecular weight is 739 g/mol. The van der Waals surface area contributed by atoms with Gasteiger partial charge in [0, 0.05) is 19.3 Å². The molecule has 0 aromatic heterocycles. The van der Waals surface area contributed by atoms with Gasteiger partial charge in [0.2, 0.25) is 11.8 Å². The van der Waals surface area contributed by atoms with Gasteiger partial charge in [0.25, 0.3) is 0 Å². The lowest BCUT2D eigenvalue weighted by Gasteiger charge is -2.30. The van der Waals surface area contributed by atoms with Crippen LogP contribution in [0.15, 0.2) is 36.4 Å². The van der Waals surface area contributed by atoms with Gasteiger partial charge in [0.15, 0.2) is 5.60 Å². The molecule has 0 saturated carbocycles. The number of ketones is 1. The van der Waals surface area contributed by atoms with Crippen molar-refractivity contribution in [3.63, 3.8) is 0 Å². The van der Waals surface area contributed by atoms with Crippen molar-refractivity contribution in [1.29, 1.82) is 0 Å². The summed E-state index contributed by atoms with van der Waals surface area (Å²) >= 11 is 0. The molecule has 0 aliphatic carbocycles. The van der Waals surface area contributed by atoms with Gasteiger partial charge in [0.05, 0.1) is 19.4 Å². The fraction of sp³-hybridized carbons (Fsp3) is 0.605. The molecule has 0 fully saturated rings. The minimum absolute atomic E-state index is 0.122. The standard InChI is InChI=1S/C38H53F3N2O9/c1-4-6-8-11-14-17-29(44)18-15-12-9-10-13-16-19-31(37(50,36(48)49)26-33(45)42-27-38(39,40)41)34(46)43-32(35(47)51-3)25-28-20-22-30(23-21-28)52-24-7-5-2/h16,19-23,31-32,50H,4,6,8-15,17-18,24-27H2,1-3H3,(H,42,45)(H,43,46)(H,48,49)/t31-,32+,37+/m1/s1. The van der Waals surface area contributed by atoms with Gasteiger partial charge in [-0.2, -0.15) is 13.2 Å². The number of benzene rings is 1. The predicted octanol–water partition coefficient (Wildman–Crippen LogP) is 5.62. The second kappa shape index (κ2) is 24.7. The maximum Gasteiger partial charge on any atom is 0.405 e. The van der Waals surface area contributed by atoms with Gasteiger partial charge < -0.3 is 30.3 Å². The number of halogens is 3. The number of hydrogen-bond acceptors (Lipinski definition) is 8. The van der Waals surface area contributed by atoms with Crippen LogP contribution >= 0.6 is 0 Å². The Kier molecular flexibility index (Phi) is 21.7. The van der Waals surface area contributed by atoms with E-state index in [1.54, 1.807) is 31.2 Å². The number of nitrogens with one attached hydrogen (secondary N) is 2. The van der Waals surface area contributed by atoms with Gasteiger partial charge in [-0.3, -0.25) is 14.4 Å². The summed E-state index contributed by atoms with van der Waals surface area (Å²) in [6.07, 6.45) is 5.71. The number of amides is 2. The van der Waals surface area contributed by atoms with E-state index in [1.807, 2.05) is 0 Å². The monoisotopic (exact) mass is 738 g/mol. The highest BCUT2D eigenvalue weighted by Gasteiger charge is 2.49. The number of carboxylic acid groups (broad SMARTS) is 1. The van der Waals surface area contributed by atoms with E-state index in [-0.39, 0.29) is 18.8 Å². The van der Waals surface area contributed by atoms with E-state index in [4.69, 9.17) is 9.47 Å². The Balaban J connectivity index is 3.06. The van der Waals surface area contributed by atoms with Crippen molar-refractivity contribution >= 4 is 29.5 Å². The van der Waals surface area contributed by atoms with E-state index >= 15 is 0 Å². The highest BCUT2D eigenvalue weighted by atomic mass is 19.4. The number of alkyl halides is 3. The lowest BCUT2D eigenvalue weighted by Crippen LogP contribution is -2.56. The largest absolute Gasteiger partial charge is 0.481 e.